The van der Waals surface area contributed by atoms with Gasteiger partial charge in [-0.25, -0.2) is 0 Å². The first kappa shape index (κ1) is 13.3. The van der Waals surface area contributed by atoms with Crippen LogP contribution in [0, 0.1) is 0 Å². The predicted octanol–water partition coefficient (Wildman–Crippen LogP) is 5.73. The molecule has 0 saturated carbocycles. The zero-order chi connectivity index (χ0) is 13.9. The minimum atomic E-state index is 0.396. The van der Waals surface area contributed by atoms with E-state index >= 15 is 0 Å². The molecule has 3 aromatic carbocycles. The normalized spacial score (nSPS) is 10.7. The van der Waals surface area contributed by atoms with Gasteiger partial charge in [0.2, 0.25) is 0 Å². The van der Waals surface area contributed by atoms with Crippen molar-refractivity contribution in [3.8, 4) is 5.75 Å². The Kier molecular flexibility index (Phi) is 3.81. The quantitative estimate of drug-likeness (QED) is 0.600. The highest BCUT2D eigenvalue weighted by Gasteiger charge is 2.06. The van der Waals surface area contributed by atoms with Crippen molar-refractivity contribution in [2.45, 2.75) is 6.61 Å². The van der Waals surface area contributed by atoms with E-state index in [-0.39, 0.29) is 0 Å². The second-order valence-electron chi connectivity index (χ2n) is 4.48. The molecule has 0 saturated heterocycles. The summed E-state index contributed by atoms with van der Waals surface area (Å²) in [6.45, 7) is 0.396. The smallest absolute Gasteiger partial charge is 0.127 e. The fourth-order valence-corrected chi connectivity index (χ4v) is 2.51. The standard InChI is InChI=1S/C17H12Cl2O/c18-15-9-3-7-13(17(15)19)11-20-16-10-4-6-12-5-1-2-8-14(12)16/h1-10H,11H2. The zero-order valence-corrected chi connectivity index (χ0v) is 12.2. The van der Waals surface area contributed by atoms with Crippen molar-refractivity contribution in [1.29, 1.82) is 0 Å². The highest BCUT2D eigenvalue weighted by molar-refractivity contribution is 6.42. The van der Waals surface area contributed by atoms with Crippen LogP contribution in [-0.4, -0.2) is 0 Å². The average Bonchev–Trinajstić information content (AvgIpc) is 2.49. The molecule has 0 aliphatic rings. The van der Waals surface area contributed by atoms with Gasteiger partial charge in [-0.05, 0) is 17.5 Å². The van der Waals surface area contributed by atoms with E-state index in [1.807, 2.05) is 42.5 Å². The highest BCUT2D eigenvalue weighted by Crippen LogP contribution is 2.29. The number of benzene rings is 3. The van der Waals surface area contributed by atoms with Crippen molar-refractivity contribution in [3.63, 3.8) is 0 Å². The molecule has 1 nitrogen and oxygen atoms in total. The summed E-state index contributed by atoms with van der Waals surface area (Å²) in [6.07, 6.45) is 0. The highest BCUT2D eigenvalue weighted by atomic mass is 35.5. The van der Waals surface area contributed by atoms with Crippen molar-refractivity contribution < 1.29 is 4.74 Å². The third-order valence-electron chi connectivity index (χ3n) is 3.16. The number of ether oxygens (including phenoxy) is 1. The van der Waals surface area contributed by atoms with Crippen LogP contribution in [0.2, 0.25) is 10.0 Å². The predicted molar refractivity (Wildman–Crippen MR) is 84.7 cm³/mol. The summed E-state index contributed by atoms with van der Waals surface area (Å²) >= 11 is 12.2. The molecule has 0 heterocycles. The van der Waals surface area contributed by atoms with E-state index in [0.29, 0.717) is 16.7 Å². The summed E-state index contributed by atoms with van der Waals surface area (Å²) in [7, 11) is 0. The van der Waals surface area contributed by atoms with Gasteiger partial charge in [-0.1, -0.05) is 71.7 Å². The first-order chi connectivity index (χ1) is 9.75. The largest absolute Gasteiger partial charge is 0.488 e. The molecule has 0 atom stereocenters. The minimum absolute atomic E-state index is 0.396. The van der Waals surface area contributed by atoms with E-state index in [9.17, 15) is 0 Å². The van der Waals surface area contributed by atoms with Crippen LogP contribution in [0.4, 0.5) is 0 Å². The molecule has 0 radical (unpaired) electrons. The van der Waals surface area contributed by atoms with Gasteiger partial charge in [0.25, 0.3) is 0 Å². The van der Waals surface area contributed by atoms with Crippen molar-refractivity contribution in [2.24, 2.45) is 0 Å². The Balaban J connectivity index is 1.89. The molecule has 0 N–H and O–H groups in total. The molecule has 0 amide bonds. The van der Waals surface area contributed by atoms with Crippen LogP contribution >= 0.6 is 23.2 Å². The van der Waals surface area contributed by atoms with Crippen LogP contribution in [-0.2, 0) is 6.61 Å². The topological polar surface area (TPSA) is 9.23 Å². The molecule has 3 rings (SSSR count). The summed E-state index contributed by atoms with van der Waals surface area (Å²) in [5, 5.41) is 3.34. The van der Waals surface area contributed by atoms with Crippen molar-refractivity contribution >= 4 is 34.0 Å². The third-order valence-corrected chi connectivity index (χ3v) is 4.02. The van der Waals surface area contributed by atoms with Crippen LogP contribution in [0.15, 0.2) is 60.7 Å². The molecule has 20 heavy (non-hydrogen) atoms. The Labute approximate surface area is 127 Å². The van der Waals surface area contributed by atoms with Gasteiger partial charge in [0.1, 0.15) is 12.4 Å². The summed E-state index contributed by atoms with van der Waals surface area (Å²) in [5.74, 6) is 0.846. The Morgan fingerprint density at radius 1 is 0.800 bits per heavy atom. The Hall–Kier alpha value is -1.70. The summed E-state index contributed by atoms with van der Waals surface area (Å²) < 4.78 is 5.90. The number of halogens is 2. The van der Waals surface area contributed by atoms with E-state index in [1.54, 1.807) is 6.07 Å². The van der Waals surface area contributed by atoms with Crippen LogP contribution in [0.3, 0.4) is 0 Å². The maximum absolute atomic E-state index is 6.17. The fraction of sp³-hybridized carbons (Fsp3) is 0.0588. The van der Waals surface area contributed by atoms with E-state index in [2.05, 4.69) is 12.1 Å². The fourth-order valence-electron chi connectivity index (χ4n) is 2.14. The lowest BCUT2D eigenvalue weighted by Gasteiger charge is -2.11. The molecule has 0 aliphatic heterocycles. The lowest BCUT2D eigenvalue weighted by atomic mass is 10.1. The maximum atomic E-state index is 6.17. The van der Waals surface area contributed by atoms with Crippen LogP contribution < -0.4 is 4.74 Å². The number of fused-ring (bicyclic) bond motifs is 1. The van der Waals surface area contributed by atoms with Gasteiger partial charge in [0.05, 0.1) is 10.0 Å². The lowest BCUT2D eigenvalue weighted by molar-refractivity contribution is 0.310. The van der Waals surface area contributed by atoms with Crippen LogP contribution in [0.5, 0.6) is 5.75 Å². The molecule has 0 spiro atoms. The Bertz CT molecular complexity index is 748. The lowest BCUT2D eigenvalue weighted by Crippen LogP contribution is -1.97. The summed E-state index contributed by atoms with van der Waals surface area (Å²) in [4.78, 5) is 0. The van der Waals surface area contributed by atoms with Gasteiger partial charge in [0, 0.05) is 10.9 Å². The molecule has 0 unspecified atom stereocenters. The molecule has 0 bridgehead atoms. The van der Waals surface area contributed by atoms with E-state index in [1.165, 1.54) is 0 Å². The van der Waals surface area contributed by atoms with Gasteiger partial charge in [0.15, 0.2) is 0 Å². The SMILES string of the molecule is Clc1cccc(COc2cccc3ccccc23)c1Cl. The zero-order valence-electron chi connectivity index (χ0n) is 10.6. The van der Waals surface area contributed by atoms with Crippen LogP contribution in [0.1, 0.15) is 5.56 Å². The first-order valence-electron chi connectivity index (χ1n) is 6.29. The monoisotopic (exact) mass is 302 g/mol. The van der Waals surface area contributed by atoms with Gasteiger partial charge >= 0.3 is 0 Å². The van der Waals surface area contributed by atoms with Gasteiger partial charge < -0.3 is 4.74 Å². The second kappa shape index (κ2) is 5.74. The van der Waals surface area contributed by atoms with Crippen molar-refractivity contribution in [3.05, 3.63) is 76.3 Å². The molecular weight excluding hydrogens is 291 g/mol. The second-order valence-corrected chi connectivity index (χ2v) is 5.26. The van der Waals surface area contributed by atoms with Crippen molar-refractivity contribution in [2.75, 3.05) is 0 Å². The number of rotatable bonds is 3. The number of hydrogen-bond acceptors (Lipinski definition) is 1. The molecule has 100 valence electrons. The van der Waals surface area contributed by atoms with E-state index in [4.69, 9.17) is 27.9 Å². The van der Waals surface area contributed by atoms with Gasteiger partial charge in [-0.2, -0.15) is 0 Å². The molecular formula is C17H12Cl2O. The maximum Gasteiger partial charge on any atom is 0.127 e. The van der Waals surface area contributed by atoms with Crippen molar-refractivity contribution in [1.82, 2.24) is 0 Å². The first-order valence-corrected chi connectivity index (χ1v) is 7.05. The summed E-state index contributed by atoms with van der Waals surface area (Å²) in [5.41, 5.74) is 0.882. The van der Waals surface area contributed by atoms with Crippen LogP contribution in [0.25, 0.3) is 10.8 Å². The molecule has 3 heteroatoms. The number of hydrogen-bond donors (Lipinski definition) is 0. The van der Waals surface area contributed by atoms with E-state index in [0.717, 1.165) is 22.1 Å². The molecule has 3 aromatic rings. The Morgan fingerprint density at radius 2 is 1.55 bits per heavy atom. The molecule has 0 fully saturated rings. The summed E-state index contributed by atoms with van der Waals surface area (Å²) in [6, 6.07) is 19.7. The van der Waals surface area contributed by atoms with E-state index < -0.39 is 0 Å². The molecule has 0 aliphatic carbocycles. The average molecular weight is 303 g/mol. The third kappa shape index (κ3) is 2.60. The molecule has 0 aromatic heterocycles. The van der Waals surface area contributed by atoms with Gasteiger partial charge in [-0.15, -0.1) is 0 Å². The Morgan fingerprint density at radius 3 is 2.45 bits per heavy atom. The minimum Gasteiger partial charge on any atom is -0.488 e. The van der Waals surface area contributed by atoms with Gasteiger partial charge in [-0.3, -0.25) is 0 Å².